The molecule has 0 spiro atoms. The van der Waals surface area contributed by atoms with E-state index in [0.29, 0.717) is 6.04 Å². The van der Waals surface area contributed by atoms with Crippen LogP contribution in [0.5, 0.6) is 0 Å². The van der Waals surface area contributed by atoms with Crippen molar-refractivity contribution in [3.63, 3.8) is 0 Å². The van der Waals surface area contributed by atoms with Crippen LogP contribution in [-0.2, 0) is 0 Å². The second kappa shape index (κ2) is 5.25. The summed E-state index contributed by atoms with van der Waals surface area (Å²) in [7, 11) is 0. The van der Waals surface area contributed by atoms with Gasteiger partial charge >= 0.3 is 0 Å². The first-order valence-corrected chi connectivity index (χ1v) is 7.32. The van der Waals surface area contributed by atoms with Gasteiger partial charge in [0.05, 0.1) is 0 Å². The Bertz CT molecular complexity index is 470. The van der Waals surface area contributed by atoms with E-state index >= 15 is 0 Å². The predicted molar refractivity (Wildman–Crippen MR) is 79.4 cm³/mol. The Hall–Kier alpha value is -1.48. The van der Waals surface area contributed by atoms with Gasteiger partial charge in [-0.2, -0.15) is 0 Å². The second-order valence-electron chi connectivity index (χ2n) is 5.50. The lowest BCUT2D eigenvalue weighted by Crippen LogP contribution is -2.48. The lowest BCUT2D eigenvalue weighted by atomic mass is 10.0. The summed E-state index contributed by atoms with van der Waals surface area (Å²) in [5.74, 6) is 0. The van der Waals surface area contributed by atoms with Gasteiger partial charge in [0.25, 0.3) is 0 Å². The molecule has 19 heavy (non-hydrogen) atoms. The number of allylic oxidation sites excluding steroid dienone is 4. The summed E-state index contributed by atoms with van der Waals surface area (Å²) >= 11 is 0. The van der Waals surface area contributed by atoms with Gasteiger partial charge in [0, 0.05) is 49.8 Å². The summed E-state index contributed by atoms with van der Waals surface area (Å²) < 4.78 is 0. The first-order valence-electron chi connectivity index (χ1n) is 7.32. The number of nitrogens with one attached hydrogen (secondary N) is 1. The van der Waals surface area contributed by atoms with Crippen LogP contribution in [0.3, 0.4) is 0 Å². The molecule has 0 amide bonds. The van der Waals surface area contributed by atoms with E-state index in [2.05, 4.69) is 59.5 Å². The molecular weight excluding hydrogens is 234 g/mol. The van der Waals surface area contributed by atoms with Crippen molar-refractivity contribution in [2.45, 2.75) is 26.3 Å². The van der Waals surface area contributed by atoms with E-state index in [-0.39, 0.29) is 0 Å². The predicted octanol–water partition coefficient (Wildman–Crippen LogP) is 2.23. The number of hydrogen-bond acceptors (Lipinski definition) is 3. The second-order valence-corrected chi connectivity index (χ2v) is 5.50. The SMILES string of the molecule is CCC1=C2C=C(N3CCNC(C)C3)C=CN2CC=C1. The van der Waals surface area contributed by atoms with Crippen LogP contribution in [0.4, 0.5) is 0 Å². The third-order valence-electron chi connectivity index (χ3n) is 4.08. The Morgan fingerprint density at radius 1 is 1.37 bits per heavy atom. The van der Waals surface area contributed by atoms with Crippen LogP contribution >= 0.6 is 0 Å². The molecule has 0 bridgehead atoms. The minimum atomic E-state index is 0.576. The van der Waals surface area contributed by atoms with E-state index in [1.165, 1.54) is 17.0 Å². The molecule has 1 N–H and O–H groups in total. The molecule has 0 saturated carbocycles. The first-order chi connectivity index (χ1) is 9.28. The highest BCUT2D eigenvalue weighted by atomic mass is 15.2. The van der Waals surface area contributed by atoms with Crippen LogP contribution < -0.4 is 5.32 Å². The molecule has 0 aliphatic carbocycles. The molecule has 3 aliphatic heterocycles. The fourth-order valence-corrected chi connectivity index (χ4v) is 3.01. The van der Waals surface area contributed by atoms with Crippen molar-refractivity contribution in [1.82, 2.24) is 15.1 Å². The van der Waals surface area contributed by atoms with E-state index < -0.39 is 0 Å². The molecule has 3 nitrogen and oxygen atoms in total. The van der Waals surface area contributed by atoms with Crippen molar-refractivity contribution in [3.8, 4) is 0 Å². The molecule has 3 heterocycles. The highest BCUT2D eigenvalue weighted by Gasteiger charge is 2.21. The van der Waals surface area contributed by atoms with E-state index in [4.69, 9.17) is 0 Å². The van der Waals surface area contributed by atoms with Crippen molar-refractivity contribution in [2.75, 3.05) is 26.2 Å². The van der Waals surface area contributed by atoms with Crippen molar-refractivity contribution in [1.29, 1.82) is 0 Å². The molecule has 0 aromatic rings. The average molecular weight is 257 g/mol. The summed E-state index contributed by atoms with van der Waals surface area (Å²) in [6.45, 7) is 8.76. The lowest BCUT2D eigenvalue weighted by Gasteiger charge is -2.37. The van der Waals surface area contributed by atoms with Gasteiger partial charge in [-0.05, 0) is 31.1 Å². The maximum absolute atomic E-state index is 3.50. The number of rotatable bonds is 2. The molecule has 1 saturated heterocycles. The van der Waals surface area contributed by atoms with E-state index in [1.54, 1.807) is 0 Å². The molecule has 102 valence electrons. The molecule has 0 aromatic carbocycles. The van der Waals surface area contributed by atoms with Crippen LogP contribution in [0.1, 0.15) is 20.3 Å². The van der Waals surface area contributed by atoms with Crippen molar-refractivity contribution in [3.05, 3.63) is 47.5 Å². The summed E-state index contributed by atoms with van der Waals surface area (Å²) in [6, 6.07) is 0.576. The zero-order valence-corrected chi connectivity index (χ0v) is 11.9. The van der Waals surface area contributed by atoms with Crippen LogP contribution in [0.15, 0.2) is 47.5 Å². The minimum Gasteiger partial charge on any atom is -0.369 e. The molecule has 0 radical (unpaired) electrons. The Kier molecular flexibility index (Phi) is 3.47. The Morgan fingerprint density at radius 3 is 3.05 bits per heavy atom. The third kappa shape index (κ3) is 2.47. The first kappa shape index (κ1) is 12.5. The molecule has 1 atom stereocenters. The number of nitrogens with zero attached hydrogens (tertiary/aromatic N) is 2. The number of fused-ring (bicyclic) bond motifs is 1. The Balaban J connectivity index is 1.87. The molecule has 1 unspecified atom stereocenters. The van der Waals surface area contributed by atoms with Gasteiger partial charge in [0.15, 0.2) is 0 Å². The minimum absolute atomic E-state index is 0.576. The fraction of sp³-hybridized carbons (Fsp3) is 0.500. The normalized spacial score (nSPS) is 26.6. The van der Waals surface area contributed by atoms with Crippen LogP contribution in [-0.4, -0.2) is 42.0 Å². The molecular formula is C16H23N3. The lowest BCUT2D eigenvalue weighted by molar-refractivity contribution is 0.260. The quantitative estimate of drug-likeness (QED) is 0.818. The van der Waals surface area contributed by atoms with Crippen molar-refractivity contribution >= 4 is 0 Å². The van der Waals surface area contributed by atoms with Crippen LogP contribution in [0.25, 0.3) is 0 Å². The van der Waals surface area contributed by atoms with E-state index in [1.807, 2.05) is 0 Å². The molecule has 3 aliphatic rings. The average Bonchev–Trinajstić information content (AvgIpc) is 2.46. The Morgan fingerprint density at radius 2 is 2.26 bits per heavy atom. The van der Waals surface area contributed by atoms with Gasteiger partial charge in [0.2, 0.25) is 0 Å². The standard InChI is InChI=1S/C16H23N3/c1-3-14-5-4-8-18-9-6-15(11-16(14)18)19-10-7-17-13(2)12-19/h4-6,9,11,13,17H,3,7-8,10,12H2,1-2H3. The third-order valence-corrected chi connectivity index (χ3v) is 4.08. The topological polar surface area (TPSA) is 18.5 Å². The largest absolute Gasteiger partial charge is 0.369 e. The summed E-state index contributed by atoms with van der Waals surface area (Å²) in [6.07, 6.45) is 12.5. The zero-order chi connectivity index (χ0) is 13.2. The van der Waals surface area contributed by atoms with Gasteiger partial charge in [-0.15, -0.1) is 0 Å². The van der Waals surface area contributed by atoms with E-state index in [0.717, 1.165) is 32.6 Å². The highest BCUT2D eigenvalue weighted by molar-refractivity contribution is 5.43. The van der Waals surface area contributed by atoms with E-state index in [9.17, 15) is 0 Å². The van der Waals surface area contributed by atoms with Crippen LogP contribution in [0.2, 0.25) is 0 Å². The van der Waals surface area contributed by atoms with Crippen molar-refractivity contribution in [2.24, 2.45) is 0 Å². The van der Waals surface area contributed by atoms with Crippen LogP contribution in [0, 0.1) is 0 Å². The zero-order valence-electron chi connectivity index (χ0n) is 11.9. The summed E-state index contributed by atoms with van der Waals surface area (Å²) in [5.41, 5.74) is 4.19. The van der Waals surface area contributed by atoms with Crippen molar-refractivity contribution < 1.29 is 0 Å². The van der Waals surface area contributed by atoms with Gasteiger partial charge in [-0.25, -0.2) is 0 Å². The Labute approximate surface area is 116 Å². The van der Waals surface area contributed by atoms with Gasteiger partial charge < -0.3 is 15.1 Å². The number of piperazine rings is 1. The smallest absolute Gasteiger partial charge is 0.0462 e. The van der Waals surface area contributed by atoms with Gasteiger partial charge in [-0.1, -0.05) is 19.1 Å². The molecule has 3 heteroatoms. The fourth-order valence-electron chi connectivity index (χ4n) is 3.01. The summed E-state index contributed by atoms with van der Waals surface area (Å²) in [5, 5.41) is 3.50. The van der Waals surface area contributed by atoms with Gasteiger partial charge in [-0.3, -0.25) is 0 Å². The molecule has 1 fully saturated rings. The summed E-state index contributed by atoms with van der Waals surface area (Å²) in [4.78, 5) is 4.83. The maximum atomic E-state index is 3.50. The monoisotopic (exact) mass is 257 g/mol. The van der Waals surface area contributed by atoms with Gasteiger partial charge in [0.1, 0.15) is 0 Å². The number of hydrogen-bond donors (Lipinski definition) is 1. The highest BCUT2D eigenvalue weighted by Crippen LogP contribution is 2.27. The molecule has 0 aromatic heterocycles. The maximum Gasteiger partial charge on any atom is 0.0462 e. The molecule has 3 rings (SSSR count).